The van der Waals surface area contributed by atoms with Crippen molar-refractivity contribution in [1.82, 2.24) is 15.0 Å². The Kier molecular flexibility index (Phi) is 2.54. The standard InChI is InChI=1S/C17H12N4/c18-16-12-6-2-4-8-14(12)20-17(21-16)15-10-9-11-5-1-3-7-13(11)19-15/h1-10H,(H2,18,20,21). The second kappa shape index (κ2) is 4.52. The molecule has 0 bridgehead atoms. The third-order valence-corrected chi connectivity index (χ3v) is 3.46. The molecule has 2 N–H and O–H groups in total. The van der Waals surface area contributed by atoms with E-state index in [0.29, 0.717) is 11.6 Å². The first-order valence-electron chi connectivity index (χ1n) is 6.70. The number of fused-ring (bicyclic) bond motifs is 2. The molecule has 2 aromatic carbocycles. The molecular weight excluding hydrogens is 260 g/mol. The van der Waals surface area contributed by atoms with Crippen molar-refractivity contribution < 1.29 is 0 Å². The number of nitrogen functional groups attached to an aromatic ring is 1. The molecule has 0 aliphatic rings. The summed E-state index contributed by atoms with van der Waals surface area (Å²) in [6.07, 6.45) is 0. The van der Waals surface area contributed by atoms with Crippen LogP contribution in [-0.2, 0) is 0 Å². The summed E-state index contributed by atoms with van der Waals surface area (Å²) in [6, 6.07) is 19.6. The maximum Gasteiger partial charge on any atom is 0.180 e. The average Bonchev–Trinajstić information content (AvgIpc) is 2.54. The fourth-order valence-electron chi connectivity index (χ4n) is 2.41. The van der Waals surface area contributed by atoms with E-state index in [2.05, 4.69) is 15.0 Å². The summed E-state index contributed by atoms with van der Waals surface area (Å²) in [5.74, 6) is 1.03. The third kappa shape index (κ3) is 1.97. The SMILES string of the molecule is Nc1nc(-c2ccc3ccccc3n2)nc2ccccc12. The van der Waals surface area contributed by atoms with E-state index >= 15 is 0 Å². The minimum absolute atomic E-state index is 0.477. The second-order valence-electron chi connectivity index (χ2n) is 4.84. The van der Waals surface area contributed by atoms with E-state index in [9.17, 15) is 0 Å². The average molecular weight is 272 g/mol. The zero-order chi connectivity index (χ0) is 14.2. The van der Waals surface area contributed by atoms with E-state index in [1.54, 1.807) is 0 Å². The van der Waals surface area contributed by atoms with E-state index in [0.717, 1.165) is 27.5 Å². The normalized spacial score (nSPS) is 11.0. The number of aromatic nitrogens is 3. The number of para-hydroxylation sites is 2. The highest BCUT2D eigenvalue weighted by Gasteiger charge is 2.08. The van der Waals surface area contributed by atoms with Gasteiger partial charge in [-0.15, -0.1) is 0 Å². The van der Waals surface area contributed by atoms with Crippen LogP contribution in [0.3, 0.4) is 0 Å². The summed E-state index contributed by atoms with van der Waals surface area (Å²) >= 11 is 0. The van der Waals surface area contributed by atoms with Crippen LogP contribution in [0.15, 0.2) is 60.7 Å². The van der Waals surface area contributed by atoms with Gasteiger partial charge in [-0.05, 0) is 24.3 Å². The van der Waals surface area contributed by atoms with Crippen molar-refractivity contribution in [3.63, 3.8) is 0 Å². The molecule has 21 heavy (non-hydrogen) atoms. The second-order valence-corrected chi connectivity index (χ2v) is 4.84. The van der Waals surface area contributed by atoms with Crippen LogP contribution in [-0.4, -0.2) is 15.0 Å². The van der Waals surface area contributed by atoms with E-state index in [-0.39, 0.29) is 0 Å². The lowest BCUT2D eigenvalue weighted by Gasteiger charge is -2.05. The summed E-state index contributed by atoms with van der Waals surface area (Å²) in [5.41, 5.74) is 8.51. The highest BCUT2D eigenvalue weighted by Crippen LogP contribution is 2.23. The highest BCUT2D eigenvalue weighted by atomic mass is 15.0. The zero-order valence-electron chi connectivity index (χ0n) is 11.2. The summed E-state index contributed by atoms with van der Waals surface area (Å²) in [6.45, 7) is 0. The molecule has 4 heteroatoms. The van der Waals surface area contributed by atoms with Gasteiger partial charge in [-0.3, -0.25) is 0 Å². The summed E-state index contributed by atoms with van der Waals surface area (Å²) in [4.78, 5) is 13.6. The van der Waals surface area contributed by atoms with Gasteiger partial charge in [-0.25, -0.2) is 15.0 Å². The van der Waals surface area contributed by atoms with Crippen LogP contribution >= 0.6 is 0 Å². The maximum absolute atomic E-state index is 6.03. The molecule has 0 fully saturated rings. The summed E-state index contributed by atoms with van der Waals surface area (Å²) in [5, 5.41) is 1.96. The number of hydrogen-bond acceptors (Lipinski definition) is 4. The smallest absolute Gasteiger partial charge is 0.180 e. The van der Waals surface area contributed by atoms with Gasteiger partial charge in [-0.2, -0.15) is 0 Å². The number of nitrogens with two attached hydrogens (primary N) is 1. The van der Waals surface area contributed by atoms with E-state index in [1.165, 1.54) is 0 Å². The molecule has 4 rings (SSSR count). The van der Waals surface area contributed by atoms with Gasteiger partial charge in [0.05, 0.1) is 11.0 Å². The van der Waals surface area contributed by atoms with Crippen LogP contribution in [0.5, 0.6) is 0 Å². The molecule has 0 saturated heterocycles. The number of hydrogen-bond donors (Lipinski definition) is 1. The molecule has 2 heterocycles. The lowest BCUT2D eigenvalue weighted by molar-refractivity contribution is 1.20. The maximum atomic E-state index is 6.03. The lowest BCUT2D eigenvalue weighted by Crippen LogP contribution is -1.99. The zero-order valence-corrected chi connectivity index (χ0v) is 11.2. The Morgan fingerprint density at radius 2 is 1.43 bits per heavy atom. The number of pyridine rings is 1. The molecule has 0 radical (unpaired) electrons. The number of benzene rings is 2. The van der Waals surface area contributed by atoms with Crippen LogP contribution in [0.25, 0.3) is 33.3 Å². The van der Waals surface area contributed by atoms with Crippen molar-refractivity contribution in [2.75, 3.05) is 5.73 Å². The molecule has 0 spiro atoms. The van der Waals surface area contributed by atoms with E-state index < -0.39 is 0 Å². The molecule has 0 amide bonds. The molecular formula is C17H12N4. The van der Waals surface area contributed by atoms with Crippen molar-refractivity contribution >= 4 is 27.6 Å². The molecule has 100 valence electrons. The van der Waals surface area contributed by atoms with Gasteiger partial charge in [0.1, 0.15) is 11.5 Å². The predicted molar refractivity (Wildman–Crippen MR) is 84.7 cm³/mol. The van der Waals surface area contributed by atoms with Crippen LogP contribution in [0.2, 0.25) is 0 Å². The Morgan fingerprint density at radius 3 is 2.33 bits per heavy atom. The first-order chi connectivity index (χ1) is 10.3. The molecule has 0 atom stereocenters. The van der Waals surface area contributed by atoms with Crippen molar-refractivity contribution in [3.8, 4) is 11.5 Å². The van der Waals surface area contributed by atoms with Gasteiger partial charge in [-0.1, -0.05) is 36.4 Å². The largest absolute Gasteiger partial charge is 0.383 e. The molecule has 4 nitrogen and oxygen atoms in total. The van der Waals surface area contributed by atoms with Crippen molar-refractivity contribution in [2.24, 2.45) is 0 Å². The van der Waals surface area contributed by atoms with Crippen molar-refractivity contribution in [2.45, 2.75) is 0 Å². The minimum Gasteiger partial charge on any atom is -0.383 e. The highest BCUT2D eigenvalue weighted by molar-refractivity contribution is 5.89. The van der Waals surface area contributed by atoms with Gasteiger partial charge in [0.2, 0.25) is 0 Å². The minimum atomic E-state index is 0.477. The topological polar surface area (TPSA) is 64.7 Å². The summed E-state index contributed by atoms with van der Waals surface area (Å²) < 4.78 is 0. The predicted octanol–water partition coefficient (Wildman–Crippen LogP) is 3.43. The fourth-order valence-corrected chi connectivity index (χ4v) is 2.41. The first-order valence-corrected chi connectivity index (χ1v) is 6.70. The van der Waals surface area contributed by atoms with E-state index in [4.69, 9.17) is 5.73 Å². The molecule has 2 aromatic heterocycles. The van der Waals surface area contributed by atoms with Gasteiger partial charge in [0.25, 0.3) is 0 Å². The van der Waals surface area contributed by atoms with Gasteiger partial charge >= 0.3 is 0 Å². The Bertz CT molecular complexity index is 963. The molecule has 0 unspecified atom stereocenters. The van der Waals surface area contributed by atoms with Crippen molar-refractivity contribution in [3.05, 3.63) is 60.7 Å². The molecule has 0 aliphatic heterocycles. The van der Waals surface area contributed by atoms with Gasteiger partial charge in [0.15, 0.2) is 5.82 Å². The Hall–Kier alpha value is -3.01. The van der Waals surface area contributed by atoms with E-state index in [1.807, 2.05) is 60.7 Å². The van der Waals surface area contributed by atoms with Gasteiger partial charge in [0, 0.05) is 10.8 Å². The van der Waals surface area contributed by atoms with Gasteiger partial charge < -0.3 is 5.73 Å². The number of rotatable bonds is 1. The lowest BCUT2D eigenvalue weighted by atomic mass is 10.2. The third-order valence-electron chi connectivity index (χ3n) is 3.46. The molecule has 0 saturated carbocycles. The van der Waals surface area contributed by atoms with Crippen molar-refractivity contribution in [1.29, 1.82) is 0 Å². The summed E-state index contributed by atoms with van der Waals surface area (Å²) in [7, 11) is 0. The Morgan fingerprint density at radius 1 is 0.667 bits per heavy atom. The monoisotopic (exact) mass is 272 g/mol. The number of nitrogens with zero attached hydrogens (tertiary/aromatic N) is 3. The fraction of sp³-hybridized carbons (Fsp3) is 0. The van der Waals surface area contributed by atoms with Crippen LogP contribution < -0.4 is 5.73 Å². The first kappa shape index (κ1) is 11.8. The number of anilines is 1. The quantitative estimate of drug-likeness (QED) is 0.576. The van der Waals surface area contributed by atoms with Crippen LogP contribution in [0.4, 0.5) is 5.82 Å². The Balaban J connectivity index is 1.95. The molecule has 0 aliphatic carbocycles. The molecule has 4 aromatic rings. The van der Waals surface area contributed by atoms with Crippen LogP contribution in [0.1, 0.15) is 0 Å². The van der Waals surface area contributed by atoms with Crippen LogP contribution in [0, 0.1) is 0 Å². The Labute approximate surface area is 121 Å².